The van der Waals surface area contributed by atoms with Gasteiger partial charge in [0, 0.05) is 25.0 Å². The zero-order valence-corrected chi connectivity index (χ0v) is 10.7. The molecule has 1 heterocycles. The Hall–Kier alpha value is -2.48. The van der Waals surface area contributed by atoms with Gasteiger partial charge in [0.15, 0.2) is 11.6 Å². The van der Waals surface area contributed by atoms with E-state index in [0.29, 0.717) is 5.82 Å². The molecule has 4 N–H and O–H groups in total. The van der Waals surface area contributed by atoms with Gasteiger partial charge in [0.1, 0.15) is 11.5 Å². The van der Waals surface area contributed by atoms with Crippen LogP contribution in [0, 0.1) is 11.6 Å². The SMILES string of the molecule is CN(Cc1ncc[nH]1)C(=O)c1cc(F)c(NN)c(F)c1. The second-order valence-electron chi connectivity index (χ2n) is 4.16. The number of nitrogen functional groups attached to an aromatic ring is 1. The van der Waals surface area contributed by atoms with Crippen LogP contribution in [-0.4, -0.2) is 27.8 Å². The number of hydrazine groups is 1. The average Bonchev–Trinajstić information content (AvgIpc) is 2.90. The number of aromatic amines is 1. The molecule has 1 amide bonds. The van der Waals surface area contributed by atoms with E-state index in [1.54, 1.807) is 12.4 Å². The zero-order chi connectivity index (χ0) is 14.7. The van der Waals surface area contributed by atoms with Gasteiger partial charge in [-0.1, -0.05) is 0 Å². The van der Waals surface area contributed by atoms with Gasteiger partial charge in [-0.3, -0.25) is 10.6 Å². The first-order chi connectivity index (χ1) is 9.52. The van der Waals surface area contributed by atoms with Crippen LogP contribution in [0.1, 0.15) is 16.2 Å². The minimum absolute atomic E-state index is 0.104. The van der Waals surface area contributed by atoms with Gasteiger partial charge in [-0.05, 0) is 12.1 Å². The number of benzene rings is 1. The first kappa shape index (κ1) is 13.9. The third-order valence-corrected chi connectivity index (χ3v) is 2.72. The minimum Gasteiger partial charge on any atom is -0.347 e. The van der Waals surface area contributed by atoms with E-state index in [-0.39, 0.29) is 12.1 Å². The molecule has 2 rings (SSSR count). The number of carbonyl (C=O) groups is 1. The van der Waals surface area contributed by atoms with E-state index in [1.165, 1.54) is 11.9 Å². The molecule has 20 heavy (non-hydrogen) atoms. The smallest absolute Gasteiger partial charge is 0.254 e. The fourth-order valence-corrected chi connectivity index (χ4v) is 1.74. The summed E-state index contributed by atoms with van der Waals surface area (Å²) in [6, 6.07) is 1.86. The maximum absolute atomic E-state index is 13.5. The van der Waals surface area contributed by atoms with Gasteiger partial charge in [-0.15, -0.1) is 0 Å². The summed E-state index contributed by atoms with van der Waals surface area (Å²) in [5, 5.41) is 0. The number of H-pyrrole nitrogens is 1. The number of nitrogens with zero attached hydrogens (tertiary/aromatic N) is 2. The number of nitrogens with one attached hydrogen (secondary N) is 2. The Morgan fingerprint density at radius 3 is 2.60 bits per heavy atom. The van der Waals surface area contributed by atoms with Crippen molar-refractivity contribution in [2.45, 2.75) is 6.54 Å². The first-order valence-electron chi connectivity index (χ1n) is 5.72. The van der Waals surface area contributed by atoms with E-state index in [9.17, 15) is 13.6 Å². The fourth-order valence-electron chi connectivity index (χ4n) is 1.74. The quantitative estimate of drug-likeness (QED) is 0.581. The van der Waals surface area contributed by atoms with Gasteiger partial charge in [-0.25, -0.2) is 13.8 Å². The third kappa shape index (κ3) is 2.75. The van der Waals surface area contributed by atoms with E-state index in [0.717, 1.165) is 12.1 Å². The molecule has 0 aliphatic carbocycles. The Morgan fingerprint density at radius 2 is 2.10 bits per heavy atom. The lowest BCUT2D eigenvalue weighted by Gasteiger charge is -2.16. The highest BCUT2D eigenvalue weighted by atomic mass is 19.1. The minimum atomic E-state index is -0.928. The molecule has 0 fully saturated rings. The summed E-state index contributed by atoms with van der Waals surface area (Å²) in [5.41, 5.74) is 1.33. The van der Waals surface area contributed by atoms with Gasteiger partial charge < -0.3 is 15.3 Å². The average molecular weight is 281 g/mol. The predicted molar refractivity (Wildman–Crippen MR) is 68.6 cm³/mol. The van der Waals surface area contributed by atoms with Crippen LogP contribution < -0.4 is 11.3 Å². The molecule has 0 spiro atoms. The van der Waals surface area contributed by atoms with Crippen molar-refractivity contribution in [1.29, 1.82) is 0 Å². The Morgan fingerprint density at radius 1 is 1.45 bits per heavy atom. The number of hydrogen-bond acceptors (Lipinski definition) is 4. The maximum Gasteiger partial charge on any atom is 0.254 e. The molecule has 8 heteroatoms. The number of nitrogens with two attached hydrogens (primary N) is 1. The molecule has 2 aromatic rings. The lowest BCUT2D eigenvalue weighted by molar-refractivity contribution is 0.0781. The van der Waals surface area contributed by atoms with Crippen LogP contribution in [-0.2, 0) is 6.54 Å². The summed E-state index contributed by atoms with van der Waals surface area (Å²) in [4.78, 5) is 20.2. The molecule has 106 valence electrons. The highest BCUT2D eigenvalue weighted by molar-refractivity contribution is 5.94. The van der Waals surface area contributed by atoms with Crippen LogP contribution >= 0.6 is 0 Å². The Bertz CT molecular complexity index is 591. The van der Waals surface area contributed by atoms with E-state index in [4.69, 9.17) is 5.84 Å². The van der Waals surface area contributed by atoms with Crippen molar-refractivity contribution in [3.05, 3.63) is 47.5 Å². The van der Waals surface area contributed by atoms with Crippen molar-refractivity contribution in [3.63, 3.8) is 0 Å². The lowest BCUT2D eigenvalue weighted by atomic mass is 10.1. The Labute approximate surface area is 113 Å². The van der Waals surface area contributed by atoms with Crippen molar-refractivity contribution in [1.82, 2.24) is 14.9 Å². The molecule has 0 saturated carbocycles. The second-order valence-corrected chi connectivity index (χ2v) is 4.16. The molecular weight excluding hydrogens is 268 g/mol. The maximum atomic E-state index is 13.5. The van der Waals surface area contributed by atoms with Crippen LogP contribution in [0.5, 0.6) is 0 Å². The third-order valence-electron chi connectivity index (χ3n) is 2.72. The molecule has 0 radical (unpaired) electrons. The van der Waals surface area contributed by atoms with E-state index in [2.05, 4.69) is 9.97 Å². The number of aromatic nitrogens is 2. The van der Waals surface area contributed by atoms with Crippen molar-refractivity contribution in [3.8, 4) is 0 Å². The highest BCUT2D eigenvalue weighted by Gasteiger charge is 2.18. The summed E-state index contributed by atoms with van der Waals surface area (Å²) in [6.07, 6.45) is 3.17. The van der Waals surface area contributed by atoms with Crippen LogP contribution in [0.2, 0.25) is 0 Å². The van der Waals surface area contributed by atoms with Gasteiger partial charge >= 0.3 is 0 Å². The standard InChI is InChI=1S/C12H13F2N5O/c1-19(6-10-16-2-3-17-10)12(20)7-4-8(13)11(18-15)9(14)5-7/h2-5,18H,6,15H2,1H3,(H,16,17). The van der Waals surface area contributed by atoms with Crippen LogP contribution in [0.25, 0.3) is 0 Å². The fraction of sp³-hybridized carbons (Fsp3) is 0.167. The molecule has 0 aliphatic rings. The monoisotopic (exact) mass is 281 g/mol. The number of halogens is 2. The number of anilines is 1. The number of hydrogen-bond donors (Lipinski definition) is 3. The summed E-state index contributed by atoms with van der Waals surface area (Å²) in [5.74, 6) is 3.18. The Kier molecular flexibility index (Phi) is 3.94. The van der Waals surface area contributed by atoms with E-state index >= 15 is 0 Å². The van der Waals surface area contributed by atoms with Gasteiger partial charge in [-0.2, -0.15) is 0 Å². The Balaban J connectivity index is 2.20. The zero-order valence-electron chi connectivity index (χ0n) is 10.7. The molecule has 1 aromatic carbocycles. The summed E-state index contributed by atoms with van der Waals surface area (Å²) in [6.45, 7) is 0.200. The summed E-state index contributed by atoms with van der Waals surface area (Å²) in [7, 11) is 1.51. The first-order valence-corrected chi connectivity index (χ1v) is 5.72. The molecule has 0 bridgehead atoms. The normalized spacial score (nSPS) is 10.4. The van der Waals surface area contributed by atoms with Gasteiger partial charge in [0.05, 0.1) is 6.54 Å². The molecule has 0 saturated heterocycles. The van der Waals surface area contributed by atoms with Crippen molar-refractivity contribution in [2.75, 3.05) is 12.5 Å². The van der Waals surface area contributed by atoms with E-state index < -0.39 is 23.2 Å². The number of amides is 1. The molecule has 0 unspecified atom stereocenters. The molecule has 0 atom stereocenters. The topological polar surface area (TPSA) is 87.0 Å². The van der Waals surface area contributed by atoms with Crippen LogP contribution in [0.3, 0.4) is 0 Å². The summed E-state index contributed by atoms with van der Waals surface area (Å²) >= 11 is 0. The molecule has 1 aromatic heterocycles. The number of rotatable bonds is 4. The second kappa shape index (κ2) is 5.66. The largest absolute Gasteiger partial charge is 0.347 e. The molecular formula is C12H13F2N5O. The lowest BCUT2D eigenvalue weighted by Crippen LogP contribution is -2.27. The van der Waals surface area contributed by atoms with Crippen LogP contribution in [0.15, 0.2) is 24.5 Å². The molecule has 6 nitrogen and oxygen atoms in total. The van der Waals surface area contributed by atoms with Gasteiger partial charge in [0.2, 0.25) is 0 Å². The highest BCUT2D eigenvalue weighted by Crippen LogP contribution is 2.20. The van der Waals surface area contributed by atoms with E-state index in [1.807, 2.05) is 5.43 Å². The number of imidazole rings is 1. The van der Waals surface area contributed by atoms with Crippen molar-refractivity contribution >= 4 is 11.6 Å². The van der Waals surface area contributed by atoms with Crippen molar-refractivity contribution < 1.29 is 13.6 Å². The van der Waals surface area contributed by atoms with Crippen molar-refractivity contribution in [2.24, 2.45) is 5.84 Å². The van der Waals surface area contributed by atoms with Crippen LogP contribution in [0.4, 0.5) is 14.5 Å². The summed E-state index contributed by atoms with van der Waals surface area (Å²) < 4.78 is 27.1. The number of carbonyl (C=O) groups excluding carboxylic acids is 1. The van der Waals surface area contributed by atoms with Gasteiger partial charge in [0.25, 0.3) is 5.91 Å². The predicted octanol–water partition coefficient (Wildman–Crippen LogP) is 1.25. The molecule has 0 aliphatic heterocycles.